The van der Waals surface area contributed by atoms with E-state index in [1.165, 1.54) is 21.9 Å². The van der Waals surface area contributed by atoms with Gasteiger partial charge in [0.2, 0.25) is 5.91 Å². The predicted molar refractivity (Wildman–Crippen MR) is 106 cm³/mol. The van der Waals surface area contributed by atoms with Crippen LogP contribution in [0.4, 0.5) is 5.69 Å². The Morgan fingerprint density at radius 1 is 1.08 bits per heavy atom. The molecule has 1 saturated heterocycles. The van der Waals surface area contributed by atoms with Crippen molar-refractivity contribution >= 4 is 28.8 Å². The average Bonchev–Trinajstić information content (AvgIpc) is 3.22. The van der Waals surface area contributed by atoms with Gasteiger partial charge in [0.1, 0.15) is 0 Å². The van der Waals surface area contributed by atoms with Crippen LogP contribution in [0, 0.1) is 0 Å². The van der Waals surface area contributed by atoms with Gasteiger partial charge in [-0.1, -0.05) is 24.3 Å². The molecular formula is C20H25N3O2S. The van der Waals surface area contributed by atoms with Crippen molar-refractivity contribution in [2.75, 3.05) is 38.6 Å². The van der Waals surface area contributed by atoms with Gasteiger partial charge in [-0.25, -0.2) is 0 Å². The quantitative estimate of drug-likeness (QED) is 0.812. The molecule has 6 heteroatoms. The minimum Gasteiger partial charge on any atom is -0.371 e. The summed E-state index contributed by atoms with van der Waals surface area (Å²) in [6.45, 7) is 1.61. The molecule has 3 rings (SSSR count). The SMILES string of the molecule is CN(CC(=O)N1CCC(N(C)c2ccccc2)CC1)C(=O)c1cccs1. The number of thiophene rings is 1. The van der Waals surface area contributed by atoms with Gasteiger partial charge in [-0.2, -0.15) is 0 Å². The van der Waals surface area contributed by atoms with E-state index in [-0.39, 0.29) is 18.4 Å². The molecule has 1 aliphatic heterocycles. The number of carbonyl (C=O) groups excluding carboxylic acids is 2. The third-order valence-electron chi connectivity index (χ3n) is 4.98. The van der Waals surface area contributed by atoms with Gasteiger partial charge in [0, 0.05) is 38.9 Å². The fraction of sp³-hybridized carbons (Fsp3) is 0.400. The van der Waals surface area contributed by atoms with Crippen LogP contribution in [-0.2, 0) is 4.79 Å². The molecule has 138 valence electrons. The number of nitrogens with zero attached hydrogens (tertiary/aromatic N) is 3. The van der Waals surface area contributed by atoms with E-state index in [4.69, 9.17) is 0 Å². The van der Waals surface area contributed by atoms with Crippen molar-refractivity contribution in [3.05, 3.63) is 52.7 Å². The molecule has 0 saturated carbocycles. The maximum Gasteiger partial charge on any atom is 0.264 e. The van der Waals surface area contributed by atoms with Crippen molar-refractivity contribution < 1.29 is 9.59 Å². The smallest absolute Gasteiger partial charge is 0.264 e. The molecule has 1 aromatic heterocycles. The Balaban J connectivity index is 1.50. The maximum atomic E-state index is 12.6. The van der Waals surface area contributed by atoms with Crippen LogP contribution in [0.25, 0.3) is 0 Å². The molecule has 5 nitrogen and oxygen atoms in total. The molecular weight excluding hydrogens is 346 g/mol. The number of likely N-dealkylation sites (N-methyl/N-ethyl adjacent to an activating group) is 1. The van der Waals surface area contributed by atoms with E-state index in [0.717, 1.165) is 25.9 Å². The second kappa shape index (κ2) is 8.36. The van der Waals surface area contributed by atoms with Gasteiger partial charge in [-0.05, 0) is 36.4 Å². The Kier molecular flexibility index (Phi) is 5.93. The Morgan fingerprint density at radius 3 is 2.38 bits per heavy atom. The molecule has 0 radical (unpaired) electrons. The van der Waals surface area contributed by atoms with E-state index in [9.17, 15) is 9.59 Å². The molecule has 1 aromatic carbocycles. The first kappa shape index (κ1) is 18.5. The van der Waals surface area contributed by atoms with Crippen molar-refractivity contribution in [2.24, 2.45) is 0 Å². The second-order valence-corrected chi connectivity index (χ2v) is 7.64. The molecule has 0 N–H and O–H groups in total. The summed E-state index contributed by atoms with van der Waals surface area (Å²) in [6, 6.07) is 14.4. The maximum absolute atomic E-state index is 12.6. The Labute approximate surface area is 158 Å². The van der Waals surface area contributed by atoms with Crippen LogP contribution in [0.15, 0.2) is 47.8 Å². The van der Waals surface area contributed by atoms with Crippen LogP contribution in [0.2, 0.25) is 0 Å². The van der Waals surface area contributed by atoms with Crippen molar-refractivity contribution in [1.29, 1.82) is 0 Å². The first-order valence-electron chi connectivity index (χ1n) is 8.91. The molecule has 2 aromatic rings. The summed E-state index contributed by atoms with van der Waals surface area (Å²) in [4.78, 5) is 31.2. The van der Waals surface area contributed by atoms with Crippen LogP contribution < -0.4 is 4.90 Å². The monoisotopic (exact) mass is 371 g/mol. The number of anilines is 1. The van der Waals surface area contributed by atoms with Crippen molar-refractivity contribution in [1.82, 2.24) is 9.80 Å². The molecule has 26 heavy (non-hydrogen) atoms. The summed E-state index contributed by atoms with van der Waals surface area (Å²) in [5.74, 6) is -0.0646. The summed E-state index contributed by atoms with van der Waals surface area (Å²) < 4.78 is 0. The summed E-state index contributed by atoms with van der Waals surface area (Å²) in [5, 5.41) is 1.87. The number of amides is 2. The zero-order chi connectivity index (χ0) is 18.5. The van der Waals surface area contributed by atoms with Crippen LogP contribution in [0.3, 0.4) is 0 Å². The lowest BCUT2D eigenvalue weighted by molar-refractivity contribution is -0.132. The van der Waals surface area contributed by atoms with Crippen molar-refractivity contribution in [3.63, 3.8) is 0 Å². The summed E-state index contributed by atoms with van der Waals surface area (Å²) in [7, 11) is 3.81. The molecule has 0 bridgehead atoms. The number of hydrogen-bond donors (Lipinski definition) is 0. The highest BCUT2D eigenvalue weighted by molar-refractivity contribution is 7.12. The van der Waals surface area contributed by atoms with Gasteiger partial charge in [0.25, 0.3) is 5.91 Å². The van der Waals surface area contributed by atoms with Gasteiger partial charge in [-0.3, -0.25) is 9.59 Å². The zero-order valence-electron chi connectivity index (χ0n) is 15.3. The first-order valence-corrected chi connectivity index (χ1v) is 9.79. The highest BCUT2D eigenvalue weighted by Crippen LogP contribution is 2.22. The Morgan fingerprint density at radius 2 is 1.77 bits per heavy atom. The average molecular weight is 372 g/mol. The molecule has 1 fully saturated rings. The molecule has 0 spiro atoms. The third kappa shape index (κ3) is 4.25. The number of carbonyl (C=O) groups is 2. The Hall–Kier alpha value is -2.34. The molecule has 0 aliphatic carbocycles. The third-order valence-corrected chi connectivity index (χ3v) is 5.84. The van der Waals surface area contributed by atoms with Gasteiger partial charge in [0.05, 0.1) is 11.4 Å². The molecule has 2 heterocycles. The lowest BCUT2D eigenvalue weighted by Crippen LogP contribution is -2.48. The number of hydrogen-bond acceptors (Lipinski definition) is 4. The molecule has 0 unspecified atom stereocenters. The van der Waals surface area contributed by atoms with E-state index in [0.29, 0.717) is 10.9 Å². The first-order chi connectivity index (χ1) is 12.6. The van der Waals surface area contributed by atoms with Gasteiger partial charge in [-0.15, -0.1) is 11.3 Å². The number of likely N-dealkylation sites (tertiary alicyclic amines) is 1. The zero-order valence-corrected chi connectivity index (χ0v) is 16.1. The van der Waals surface area contributed by atoms with E-state index >= 15 is 0 Å². The number of para-hydroxylation sites is 1. The van der Waals surface area contributed by atoms with Crippen LogP contribution in [0.1, 0.15) is 22.5 Å². The number of benzene rings is 1. The van der Waals surface area contributed by atoms with Crippen molar-refractivity contribution in [3.8, 4) is 0 Å². The predicted octanol–water partition coefficient (Wildman–Crippen LogP) is 2.95. The fourth-order valence-corrected chi connectivity index (χ4v) is 4.06. The lowest BCUT2D eigenvalue weighted by Gasteiger charge is -2.38. The Bertz CT molecular complexity index is 725. The van der Waals surface area contributed by atoms with Gasteiger partial charge >= 0.3 is 0 Å². The lowest BCUT2D eigenvalue weighted by atomic mass is 10.0. The number of piperidine rings is 1. The van der Waals surface area contributed by atoms with E-state index in [1.807, 2.05) is 34.5 Å². The van der Waals surface area contributed by atoms with Crippen LogP contribution in [0.5, 0.6) is 0 Å². The molecule has 1 aliphatic rings. The fourth-order valence-electron chi connectivity index (χ4n) is 3.34. The van der Waals surface area contributed by atoms with E-state index < -0.39 is 0 Å². The van der Waals surface area contributed by atoms with Crippen LogP contribution in [-0.4, -0.2) is 61.4 Å². The summed E-state index contributed by atoms with van der Waals surface area (Å²) >= 11 is 1.40. The second-order valence-electron chi connectivity index (χ2n) is 6.70. The standard InChI is InChI=1S/C20H25N3O2S/c1-21(20(25)18-9-6-14-26-18)15-19(24)23-12-10-17(11-13-23)22(2)16-7-4-3-5-8-16/h3-9,14,17H,10-13,15H2,1-2H3. The number of rotatable bonds is 5. The molecule has 0 atom stereocenters. The highest BCUT2D eigenvalue weighted by atomic mass is 32.1. The highest BCUT2D eigenvalue weighted by Gasteiger charge is 2.26. The van der Waals surface area contributed by atoms with Crippen molar-refractivity contribution in [2.45, 2.75) is 18.9 Å². The molecule has 2 amide bonds. The topological polar surface area (TPSA) is 43.9 Å². The summed E-state index contributed by atoms with van der Waals surface area (Å²) in [6.07, 6.45) is 1.89. The van der Waals surface area contributed by atoms with Crippen LogP contribution >= 0.6 is 11.3 Å². The minimum absolute atomic E-state index is 0.0261. The normalized spacial score (nSPS) is 14.9. The largest absolute Gasteiger partial charge is 0.371 e. The van der Waals surface area contributed by atoms with E-state index in [2.05, 4.69) is 24.1 Å². The van der Waals surface area contributed by atoms with Gasteiger partial charge < -0.3 is 14.7 Å². The summed E-state index contributed by atoms with van der Waals surface area (Å²) in [5.41, 5.74) is 1.21. The van der Waals surface area contributed by atoms with E-state index in [1.54, 1.807) is 13.1 Å². The van der Waals surface area contributed by atoms with Gasteiger partial charge in [0.15, 0.2) is 0 Å². The minimum atomic E-state index is -0.0907.